The van der Waals surface area contributed by atoms with Crippen molar-refractivity contribution in [3.8, 4) is 0 Å². The first-order chi connectivity index (χ1) is 9.85. The van der Waals surface area contributed by atoms with Gasteiger partial charge in [-0.3, -0.25) is 9.69 Å². The molecule has 1 aliphatic heterocycles. The van der Waals surface area contributed by atoms with E-state index >= 15 is 0 Å². The Labute approximate surface area is 130 Å². The van der Waals surface area contributed by atoms with Crippen LogP contribution in [0.1, 0.15) is 53.4 Å². The van der Waals surface area contributed by atoms with E-state index in [1.54, 1.807) is 6.92 Å². The molecule has 0 radical (unpaired) electrons. The molecule has 1 saturated carbocycles. The normalized spacial score (nSPS) is 28.7. The van der Waals surface area contributed by atoms with Gasteiger partial charge in [-0.1, -0.05) is 0 Å². The van der Waals surface area contributed by atoms with Crippen molar-refractivity contribution in [2.24, 2.45) is 5.92 Å². The molecular weight excluding hydrogens is 262 g/mol. The van der Waals surface area contributed by atoms with E-state index in [0.717, 1.165) is 44.7 Å². The van der Waals surface area contributed by atoms with Crippen LogP contribution in [0.3, 0.4) is 0 Å². The molecule has 2 aliphatic rings. The summed E-state index contributed by atoms with van der Waals surface area (Å²) in [6, 6.07) is 0.755. The summed E-state index contributed by atoms with van der Waals surface area (Å²) in [7, 11) is 0. The van der Waals surface area contributed by atoms with E-state index in [4.69, 9.17) is 0 Å². The summed E-state index contributed by atoms with van der Waals surface area (Å²) in [5.41, 5.74) is 0.236. The number of nitrogens with zero attached hydrogens (tertiary/aromatic N) is 2. The van der Waals surface area contributed by atoms with Gasteiger partial charge in [-0.15, -0.1) is 0 Å². The van der Waals surface area contributed by atoms with Crippen LogP contribution < -0.4 is 5.32 Å². The molecule has 0 bridgehead atoms. The summed E-state index contributed by atoms with van der Waals surface area (Å²) in [6.45, 7) is 13.5. The molecule has 21 heavy (non-hydrogen) atoms. The fourth-order valence-corrected chi connectivity index (χ4v) is 3.57. The Balaban J connectivity index is 1.69. The van der Waals surface area contributed by atoms with Gasteiger partial charge in [0.2, 0.25) is 5.91 Å². The van der Waals surface area contributed by atoms with Gasteiger partial charge < -0.3 is 10.2 Å². The standard InChI is InChI=1S/C17H33N3O/c1-14(21)19-9-11-20(12-10-19)16-7-5-15(6-8-16)13-18-17(2,3)4/h15-16,18H,5-13H2,1-4H3/t15-,16-. The fraction of sp³-hybridized carbons (Fsp3) is 0.941. The lowest BCUT2D eigenvalue weighted by Gasteiger charge is -2.42. The van der Waals surface area contributed by atoms with E-state index in [9.17, 15) is 4.79 Å². The number of hydrogen-bond donors (Lipinski definition) is 1. The highest BCUT2D eigenvalue weighted by molar-refractivity contribution is 5.73. The van der Waals surface area contributed by atoms with Gasteiger partial charge >= 0.3 is 0 Å². The molecule has 1 aliphatic carbocycles. The molecule has 4 heteroatoms. The molecule has 1 saturated heterocycles. The van der Waals surface area contributed by atoms with Gasteiger partial charge in [0.25, 0.3) is 0 Å². The summed E-state index contributed by atoms with van der Waals surface area (Å²) in [5, 5.41) is 3.65. The molecule has 1 heterocycles. The first kappa shape index (κ1) is 16.8. The van der Waals surface area contributed by atoms with Crippen LogP contribution >= 0.6 is 0 Å². The molecule has 2 fully saturated rings. The minimum Gasteiger partial charge on any atom is -0.340 e. The summed E-state index contributed by atoms with van der Waals surface area (Å²) >= 11 is 0. The van der Waals surface area contributed by atoms with Gasteiger partial charge in [-0.25, -0.2) is 0 Å². The number of nitrogens with one attached hydrogen (secondary N) is 1. The summed E-state index contributed by atoms with van der Waals surface area (Å²) < 4.78 is 0. The quantitative estimate of drug-likeness (QED) is 0.866. The minimum absolute atomic E-state index is 0.228. The van der Waals surface area contributed by atoms with Gasteiger partial charge in [0, 0.05) is 44.7 Å². The lowest BCUT2D eigenvalue weighted by Crippen LogP contribution is -2.52. The minimum atomic E-state index is 0.228. The predicted molar refractivity (Wildman–Crippen MR) is 87.3 cm³/mol. The van der Waals surface area contributed by atoms with Crippen LogP contribution in [0.25, 0.3) is 0 Å². The highest BCUT2D eigenvalue weighted by Gasteiger charge is 2.29. The average molecular weight is 295 g/mol. The molecule has 0 aromatic rings. The molecule has 2 rings (SSSR count). The average Bonchev–Trinajstić information content (AvgIpc) is 2.45. The second-order valence-corrected chi connectivity index (χ2v) is 7.85. The number of piperazine rings is 1. The van der Waals surface area contributed by atoms with Crippen molar-refractivity contribution < 1.29 is 4.79 Å². The largest absolute Gasteiger partial charge is 0.340 e. The Morgan fingerprint density at radius 3 is 2.10 bits per heavy atom. The Hall–Kier alpha value is -0.610. The smallest absolute Gasteiger partial charge is 0.219 e. The third kappa shape index (κ3) is 5.26. The van der Waals surface area contributed by atoms with Crippen LogP contribution in [0.4, 0.5) is 0 Å². The third-order valence-electron chi connectivity index (χ3n) is 5.01. The monoisotopic (exact) mass is 295 g/mol. The summed E-state index contributed by atoms with van der Waals surface area (Å²) in [4.78, 5) is 16.0. The third-order valence-corrected chi connectivity index (χ3v) is 5.01. The lowest BCUT2D eigenvalue weighted by molar-refractivity contribution is -0.131. The zero-order valence-corrected chi connectivity index (χ0v) is 14.3. The van der Waals surface area contributed by atoms with Crippen molar-refractivity contribution in [1.29, 1.82) is 0 Å². The molecule has 0 spiro atoms. The van der Waals surface area contributed by atoms with E-state index in [-0.39, 0.29) is 11.4 Å². The zero-order chi connectivity index (χ0) is 15.5. The zero-order valence-electron chi connectivity index (χ0n) is 14.3. The molecule has 1 N–H and O–H groups in total. The summed E-state index contributed by atoms with van der Waals surface area (Å²) in [5.74, 6) is 1.07. The first-order valence-electron chi connectivity index (χ1n) is 8.60. The van der Waals surface area contributed by atoms with Crippen LogP contribution in [0, 0.1) is 5.92 Å². The highest BCUT2D eigenvalue weighted by Crippen LogP contribution is 2.28. The second kappa shape index (κ2) is 7.10. The number of carbonyl (C=O) groups excluding carboxylic acids is 1. The molecular formula is C17H33N3O. The van der Waals surface area contributed by atoms with E-state index in [1.807, 2.05) is 4.90 Å². The molecule has 122 valence electrons. The Morgan fingerprint density at radius 1 is 1.05 bits per heavy atom. The van der Waals surface area contributed by atoms with Crippen molar-refractivity contribution in [1.82, 2.24) is 15.1 Å². The first-order valence-corrected chi connectivity index (χ1v) is 8.60. The van der Waals surface area contributed by atoms with Gasteiger partial charge in [0.05, 0.1) is 0 Å². The topological polar surface area (TPSA) is 35.6 Å². The van der Waals surface area contributed by atoms with Crippen molar-refractivity contribution in [2.75, 3.05) is 32.7 Å². The number of amides is 1. The SMILES string of the molecule is CC(=O)N1CCN([C@H]2CC[C@H](CNC(C)(C)C)CC2)CC1. The van der Waals surface area contributed by atoms with Crippen molar-refractivity contribution in [2.45, 2.75) is 65.0 Å². The van der Waals surface area contributed by atoms with E-state index in [0.29, 0.717) is 0 Å². The molecule has 4 nitrogen and oxygen atoms in total. The number of hydrogen-bond acceptors (Lipinski definition) is 3. The Kier molecular flexibility index (Phi) is 5.67. The molecule has 0 aromatic carbocycles. The van der Waals surface area contributed by atoms with E-state index in [1.165, 1.54) is 25.7 Å². The van der Waals surface area contributed by atoms with Crippen LogP contribution in [-0.4, -0.2) is 60.0 Å². The number of carbonyl (C=O) groups is 1. The van der Waals surface area contributed by atoms with Gasteiger partial charge in [0.1, 0.15) is 0 Å². The van der Waals surface area contributed by atoms with Gasteiger partial charge in [-0.05, 0) is 58.9 Å². The summed E-state index contributed by atoms with van der Waals surface area (Å²) in [6.07, 6.45) is 5.36. The van der Waals surface area contributed by atoms with Crippen LogP contribution in [0.2, 0.25) is 0 Å². The van der Waals surface area contributed by atoms with Gasteiger partial charge in [0.15, 0.2) is 0 Å². The lowest BCUT2D eigenvalue weighted by atomic mass is 9.84. The maximum Gasteiger partial charge on any atom is 0.219 e. The maximum atomic E-state index is 11.4. The van der Waals surface area contributed by atoms with Crippen molar-refractivity contribution in [3.05, 3.63) is 0 Å². The van der Waals surface area contributed by atoms with Crippen molar-refractivity contribution >= 4 is 5.91 Å². The predicted octanol–water partition coefficient (Wildman–Crippen LogP) is 2.10. The molecule has 1 amide bonds. The maximum absolute atomic E-state index is 11.4. The molecule has 0 aromatic heterocycles. The Morgan fingerprint density at radius 2 is 1.62 bits per heavy atom. The van der Waals surface area contributed by atoms with Crippen LogP contribution in [0.5, 0.6) is 0 Å². The highest BCUT2D eigenvalue weighted by atomic mass is 16.2. The molecule has 0 atom stereocenters. The van der Waals surface area contributed by atoms with Gasteiger partial charge in [-0.2, -0.15) is 0 Å². The van der Waals surface area contributed by atoms with Crippen LogP contribution in [-0.2, 0) is 4.79 Å². The van der Waals surface area contributed by atoms with E-state index in [2.05, 4.69) is 31.0 Å². The Bertz CT molecular complexity index is 334. The van der Waals surface area contributed by atoms with E-state index < -0.39 is 0 Å². The number of rotatable bonds is 3. The second-order valence-electron chi connectivity index (χ2n) is 7.85. The van der Waals surface area contributed by atoms with Crippen LogP contribution in [0.15, 0.2) is 0 Å². The fourth-order valence-electron chi connectivity index (χ4n) is 3.57. The van der Waals surface area contributed by atoms with Crippen molar-refractivity contribution in [3.63, 3.8) is 0 Å². The molecule has 0 unspecified atom stereocenters.